The molecule has 2 aromatic heterocycles. The van der Waals surface area contributed by atoms with E-state index in [1.165, 1.54) is 11.1 Å². The van der Waals surface area contributed by atoms with E-state index in [1.54, 1.807) is 50.0 Å². The van der Waals surface area contributed by atoms with Crippen LogP contribution in [-0.2, 0) is 13.5 Å². The third-order valence-corrected chi connectivity index (χ3v) is 5.55. The minimum absolute atomic E-state index is 0.0277. The number of carbonyl (C=O) groups is 2. The van der Waals surface area contributed by atoms with Crippen molar-refractivity contribution in [2.45, 2.75) is 6.42 Å². The van der Waals surface area contributed by atoms with Gasteiger partial charge in [0.25, 0.3) is 11.8 Å². The third-order valence-electron chi connectivity index (χ3n) is 5.25. The largest absolute Gasteiger partial charge is 0.353 e. The summed E-state index contributed by atoms with van der Waals surface area (Å²) in [5.41, 5.74) is 3.74. The molecule has 0 saturated heterocycles. The van der Waals surface area contributed by atoms with Crippen molar-refractivity contribution in [3.63, 3.8) is 0 Å². The lowest BCUT2D eigenvalue weighted by atomic mass is 9.97. The first-order valence-electron chi connectivity index (χ1n) is 10.1. The van der Waals surface area contributed by atoms with Crippen LogP contribution in [0.1, 0.15) is 26.4 Å². The van der Waals surface area contributed by atoms with Gasteiger partial charge >= 0.3 is 0 Å². The molecular weight excluding hydrogens is 430 g/mol. The van der Waals surface area contributed by atoms with Gasteiger partial charge < -0.3 is 20.4 Å². The molecule has 10 heteroatoms. The van der Waals surface area contributed by atoms with Crippen molar-refractivity contribution >= 4 is 46.3 Å². The maximum Gasteiger partial charge on any atom is 0.276 e. The van der Waals surface area contributed by atoms with Gasteiger partial charge in [-0.1, -0.05) is 23.7 Å². The molecule has 166 valence electrons. The molecule has 0 unspecified atom stereocenters. The van der Waals surface area contributed by atoms with Crippen LogP contribution in [0.15, 0.2) is 36.7 Å². The molecule has 3 aromatic rings. The monoisotopic (exact) mass is 453 g/mol. The predicted molar refractivity (Wildman–Crippen MR) is 124 cm³/mol. The Balaban J connectivity index is 1.65. The second kappa shape index (κ2) is 8.51. The number of aryl methyl sites for hydroxylation is 1. The molecule has 2 N–H and O–H groups in total. The van der Waals surface area contributed by atoms with E-state index >= 15 is 0 Å². The van der Waals surface area contributed by atoms with E-state index in [1.807, 2.05) is 18.2 Å². The molecule has 0 aliphatic carbocycles. The van der Waals surface area contributed by atoms with Gasteiger partial charge in [-0.25, -0.2) is 4.98 Å². The number of rotatable bonds is 5. The highest BCUT2D eigenvalue weighted by molar-refractivity contribution is 6.33. The number of hydrogen-bond acceptors (Lipinski definition) is 6. The highest BCUT2D eigenvalue weighted by Gasteiger charge is 2.25. The highest BCUT2D eigenvalue weighted by atomic mass is 35.5. The average Bonchev–Trinajstić information content (AvgIpc) is 3.12. The Bertz CT molecular complexity index is 1200. The Morgan fingerprint density at radius 2 is 1.94 bits per heavy atom. The van der Waals surface area contributed by atoms with Crippen molar-refractivity contribution in [1.29, 1.82) is 0 Å². The van der Waals surface area contributed by atoms with Crippen LogP contribution in [0.5, 0.6) is 0 Å². The van der Waals surface area contributed by atoms with Crippen molar-refractivity contribution in [3.05, 3.63) is 58.5 Å². The van der Waals surface area contributed by atoms with Crippen LogP contribution < -0.4 is 10.6 Å². The van der Waals surface area contributed by atoms with E-state index in [2.05, 4.69) is 20.7 Å². The maximum absolute atomic E-state index is 12.8. The summed E-state index contributed by atoms with van der Waals surface area (Å²) in [5, 5.41) is 11.1. The number of amides is 2. The van der Waals surface area contributed by atoms with Crippen LogP contribution in [0.2, 0.25) is 5.02 Å². The number of nitrogens with zero attached hydrogens (tertiary/aromatic N) is 5. The molecule has 1 aliphatic heterocycles. The van der Waals surface area contributed by atoms with Crippen molar-refractivity contribution in [1.82, 2.24) is 24.6 Å². The normalized spacial score (nSPS) is 13.0. The van der Waals surface area contributed by atoms with Gasteiger partial charge in [0.05, 0.1) is 33.8 Å². The topological polar surface area (TPSA) is 95.4 Å². The molecule has 4 rings (SSSR count). The first-order valence-corrected chi connectivity index (χ1v) is 10.4. The number of aromatic nitrogens is 3. The van der Waals surface area contributed by atoms with E-state index < -0.39 is 0 Å². The van der Waals surface area contributed by atoms with Gasteiger partial charge in [0.15, 0.2) is 5.69 Å². The Morgan fingerprint density at radius 3 is 2.69 bits per heavy atom. The zero-order chi connectivity index (χ0) is 23.0. The van der Waals surface area contributed by atoms with Crippen molar-refractivity contribution < 1.29 is 9.59 Å². The molecule has 0 spiro atoms. The standard InChI is InChI=1S/C22H24ClN7O2/c1-28(2)22(32)20-17(12-30(4)27-20)26-18-10-16(14(23)11-24-18)25-15-7-5-6-13-8-9-29(3)21(31)19(13)15/h5-7,10-12H,8-9H2,1-4H3,(H2,24,25,26). The molecular formula is C22H24ClN7O2. The Morgan fingerprint density at radius 1 is 1.16 bits per heavy atom. The molecule has 1 aliphatic rings. The van der Waals surface area contributed by atoms with Crippen LogP contribution in [0.4, 0.5) is 22.9 Å². The lowest BCUT2D eigenvalue weighted by Gasteiger charge is -2.27. The van der Waals surface area contributed by atoms with E-state index in [4.69, 9.17) is 11.6 Å². The highest BCUT2D eigenvalue weighted by Crippen LogP contribution is 2.33. The Labute approximate surface area is 191 Å². The molecule has 0 atom stereocenters. The lowest BCUT2D eigenvalue weighted by molar-refractivity contribution is 0.0780. The van der Waals surface area contributed by atoms with Crippen molar-refractivity contribution in [2.24, 2.45) is 7.05 Å². The van der Waals surface area contributed by atoms with Crippen LogP contribution in [0.3, 0.4) is 0 Å². The lowest BCUT2D eigenvalue weighted by Crippen LogP contribution is -2.34. The van der Waals surface area contributed by atoms with E-state index in [-0.39, 0.29) is 17.5 Å². The second-order valence-electron chi connectivity index (χ2n) is 7.88. The minimum atomic E-state index is -0.223. The summed E-state index contributed by atoms with van der Waals surface area (Å²) in [6.45, 7) is 0.693. The third kappa shape index (κ3) is 4.11. The fourth-order valence-electron chi connectivity index (χ4n) is 3.58. The molecule has 1 aromatic carbocycles. The second-order valence-corrected chi connectivity index (χ2v) is 8.29. The smallest absolute Gasteiger partial charge is 0.276 e. The fraction of sp³-hybridized carbons (Fsp3) is 0.273. The van der Waals surface area contributed by atoms with Crippen LogP contribution in [-0.4, -0.2) is 64.1 Å². The van der Waals surface area contributed by atoms with Gasteiger partial charge in [0.2, 0.25) is 0 Å². The predicted octanol–water partition coefficient (Wildman–Crippen LogP) is 3.29. The zero-order valence-electron chi connectivity index (χ0n) is 18.3. The van der Waals surface area contributed by atoms with Crippen molar-refractivity contribution in [3.8, 4) is 0 Å². The van der Waals surface area contributed by atoms with Gasteiger partial charge in [0, 0.05) is 47.0 Å². The number of fused-ring (bicyclic) bond motifs is 1. The molecule has 0 bridgehead atoms. The van der Waals surface area contributed by atoms with Gasteiger partial charge in [-0.3, -0.25) is 14.3 Å². The number of hydrogen-bond donors (Lipinski definition) is 2. The SMILES string of the molecule is CN(C)C(=O)c1nn(C)cc1Nc1cc(Nc2cccc3c2C(=O)N(C)CC3)c(Cl)cn1. The Hall–Kier alpha value is -3.59. The average molecular weight is 454 g/mol. The van der Waals surface area contributed by atoms with E-state index in [0.29, 0.717) is 40.0 Å². The summed E-state index contributed by atoms with van der Waals surface area (Å²) in [6.07, 6.45) is 4.02. The number of carbonyl (C=O) groups excluding carboxylic acids is 2. The number of nitrogens with one attached hydrogen (secondary N) is 2. The summed E-state index contributed by atoms with van der Waals surface area (Å²) in [4.78, 5) is 32.7. The number of benzene rings is 1. The molecule has 3 heterocycles. The number of halogens is 1. The number of pyridine rings is 1. The molecule has 0 saturated carbocycles. The van der Waals surface area contributed by atoms with Gasteiger partial charge in [-0.15, -0.1) is 0 Å². The Kier molecular flexibility index (Phi) is 5.75. The summed E-state index contributed by atoms with van der Waals surface area (Å²) in [7, 11) is 6.88. The fourth-order valence-corrected chi connectivity index (χ4v) is 3.73. The van der Waals surface area contributed by atoms with Crippen molar-refractivity contribution in [2.75, 3.05) is 38.3 Å². The number of likely N-dealkylation sites (N-methyl/N-ethyl adjacent to an activating group) is 1. The van der Waals surface area contributed by atoms with E-state index in [9.17, 15) is 9.59 Å². The molecule has 32 heavy (non-hydrogen) atoms. The first kappa shape index (κ1) is 21.6. The summed E-state index contributed by atoms with van der Waals surface area (Å²) in [6, 6.07) is 7.48. The van der Waals surface area contributed by atoms with Gasteiger partial charge in [0.1, 0.15) is 5.82 Å². The number of anilines is 4. The molecule has 0 radical (unpaired) electrons. The minimum Gasteiger partial charge on any atom is -0.353 e. The maximum atomic E-state index is 12.8. The molecule has 0 fully saturated rings. The van der Waals surface area contributed by atoms with Crippen LogP contribution in [0.25, 0.3) is 0 Å². The zero-order valence-corrected chi connectivity index (χ0v) is 19.1. The summed E-state index contributed by atoms with van der Waals surface area (Å²) < 4.78 is 1.56. The van der Waals surface area contributed by atoms with E-state index in [0.717, 1.165) is 12.0 Å². The first-order chi connectivity index (χ1) is 15.2. The summed E-state index contributed by atoms with van der Waals surface area (Å²) >= 11 is 6.40. The van der Waals surface area contributed by atoms with Gasteiger partial charge in [-0.05, 0) is 18.1 Å². The quantitative estimate of drug-likeness (QED) is 0.615. The summed E-state index contributed by atoms with van der Waals surface area (Å²) in [5.74, 6) is 0.227. The molecule has 2 amide bonds. The molecule has 9 nitrogen and oxygen atoms in total. The van der Waals surface area contributed by atoms with Crippen LogP contribution in [0, 0.1) is 0 Å². The van der Waals surface area contributed by atoms with Crippen LogP contribution >= 0.6 is 11.6 Å². The van der Waals surface area contributed by atoms with Gasteiger partial charge in [-0.2, -0.15) is 5.10 Å².